The van der Waals surface area contributed by atoms with Crippen molar-refractivity contribution in [1.29, 1.82) is 0 Å². The van der Waals surface area contributed by atoms with Crippen molar-refractivity contribution in [3.8, 4) is 5.75 Å². The number of ether oxygens (including phenoxy) is 2. The quantitative estimate of drug-likeness (QED) is 0.0749. The third-order valence-corrected chi connectivity index (χ3v) is 7.32. The molecule has 1 rings (SSSR count). The maximum absolute atomic E-state index is 12.2. The van der Waals surface area contributed by atoms with E-state index in [1.165, 1.54) is 96.3 Å². The van der Waals surface area contributed by atoms with Crippen LogP contribution in [0.5, 0.6) is 5.75 Å². The summed E-state index contributed by atoms with van der Waals surface area (Å²) < 4.78 is 10.7. The highest BCUT2D eigenvalue weighted by Gasteiger charge is 2.30. The first-order chi connectivity index (χ1) is 19.4. The smallest absolute Gasteiger partial charge is 0.338 e. The van der Waals surface area contributed by atoms with Gasteiger partial charge in [0.05, 0.1) is 18.8 Å². The minimum atomic E-state index is -1.78. The highest BCUT2D eigenvalue weighted by molar-refractivity contribution is 5.89. The van der Waals surface area contributed by atoms with Gasteiger partial charge in [0, 0.05) is 0 Å². The van der Waals surface area contributed by atoms with Crippen LogP contribution in [0.2, 0.25) is 0 Å². The molecule has 0 aromatic heterocycles. The van der Waals surface area contributed by atoms with Crippen LogP contribution in [0.4, 0.5) is 0 Å². The maximum Gasteiger partial charge on any atom is 0.338 e. The Bertz CT molecular complexity index is 726. The molecule has 1 aromatic carbocycles. The van der Waals surface area contributed by atoms with E-state index in [0.717, 1.165) is 12.8 Å². The number of hydrogen-bond acceptors (Lipinski definition) is 8. The van der Waals surface area contributed by atoms with Gasteiger partial charge in [0.15, 0.2) is 0 Å². The second-order valence-electron chi connectivity index (χ2n) is 10.9. The van der Waals surface area contributed by atoms with E-state index in [1.54, 1.807) is 24.3 Å². The molecule has 232 valence electrons. The van der Waals surface area contributed by atoms with Gasteiger partial charge in [-0.3, -0.25) is 0 Å². The number of benzene rings is 1. The van der Waals surface area contributed by atoms with Gasteiger partial charge in [-0.05, 0) is 30.7 Å². The van der Waals surface area contributed by atoms with E-state index in [4.69, 9.17) is 14.6 Å². The van der Waals surface area contributed by atoms with Crippen molar-refractivity contribution in [2.75, 3.05) is 19.8 Å². The average molecular weight is 569 g/mol. The fraction of sp³-hybridized carbons (Fsp3) is 0.781. The zero-order chi connectivity index (χ0) is 29.4. The van der Waals surface area contributed by atoms with Crippen LogP contribution in [0.15, 0.2) is 24.3 Å². The lowest BCUT2D eigenvalue weighted by atomic mass is 10.0. The summed E-state index contributed by atoms with van der Waals surface area (Å²) in [6.07, 6.45) is 15.9. The highest BCUT2D eigenvalue weighted by atomic mass is 16.5. The molecule has 0 radical (unpaired) electrons. The molecule has 0 aliphatic heterocycles. The Hall–Kier alpha value is -1.71. The fourth-order valence-corrected chi connectivity index (χ4v) is 4.61. The summed E-state index contributed by atoms with van der Waals surface area (Å²) in [5.41, 5.74) is 0.253. The Morgan fingerprint density at radius 3 is 1.52 bits per heavy atom. The van der Waals surface area contributed by atoms with Gasteiger partial charge in [0.1, 0.15) is 36.8 Å². The Labute approximate surface area is 241 Å². The zero-order valence-corrected chi connectivity index (χ0v) is 24.7. The van der Waals surface area contributed by atoms with E-state index in [1.807, 2.05) is 0 Å². The first-order valence-corrected chi connectivity index (χ1v) is 15.6. The molecule has 0 saturated carbocycles. The van der Waals surface area contributed by atoms with Gasteiger partial charge >= 0.3 is 5.97 Å². The first-order valence-electron chi connectivity index (χ1n) is 15.6. The minimum Gasteiger partial charge on any atom is -0.494 e. The van der Waals surface area contributed by atoms with E-state index >= 15 is 0 Å². The second kappa shape index (κ2) is 23.9. The fourth-order valence-electron chi connectivity index (χ4n) is 4.61. The lowest BCUT2D eigenvalue weighted by molar-refractivity contribution is -0.124. The van der Waals surface area contributed by atoms with Gasteiger partial charge < -0.3 is 35.0 Å². The van der Waals surface area contributed by atoms with Crippen molar-refractivity contribution in [2.24, 2.45) is 0 Å². The Balaban J connectivity index is 2.01. The van der Waals surface area contributed by atoms with Crippen LogP contribution in [0.1, 0.15) is 126 Å². The molecule has 40 heavy (non-hydrogen) atoms. The molecule has 5 N–H and O–H groups in total. The zero-order valence-electron chi connectivity index (χ0n) is 24.7. The number of esters is 1. The summed E-state index contributed by atoms with van der Waals surface area (Å²) in [5.74, 6) is -0.0484. The SMILES string of the molecule is CCCCCCCCCCCCCCCCCCCOc1ccc(C(=O)OC[C@@H](O)[C@@H](O)[C@H](O)[C@@H](O)CO)cc1. The molecule has 1 aromatic rings. The van der Waals surface area contributed by atoms with E-state index in [-0.39, 0.29) is 5.56 Å². The van der Waals surface area contributed by atoms with Crippen molar-refractivity contribution in [3.05, 3.63) is 29.8 Å². The molecule has 0 fully saturated rings. The molecule has 0 heterocycles. The van der Waals surface area contributed by atoms with Gasteiger partial charge in [0.25, 0.3) is 0 Å². The summed E-state index contributed by atoms with van der Waals surface area (Å²) in [4.78, 5) is 12.2. The van der Waals surface area contributed by atoms with Crippen LogP contribution in [0.3, 0.4) is 0 Å². The van der Waals surface area contributed by atoms with E-state index in [0.29, 0.717) is 12.4 Å². The molecule has 4 atom stereocenters. The van der Waals surface area contributed by atoms with Crippen molar-refractivity contribution in [1.82, 2.24) is 0 Å². The van der Waals surface area contributed by atoms with E-state index in [9.17, 15) is 25.2 Å². The van der Waals surface area contributed by atoms with Crippen LogP contribution in [0.25, 0.3) is 0 Å². The lowest BCUT2D eigenvalue weighted by Crippen LogP contribution is -2.47. The number of aliphatic hydroxyl groups excluding tert-OH is 5. The molecule has 0 saturated heterocycles. The molecule has 0 amide bonds. The number of rotatable bonds is 26. The first kappa shape index (κ1) is 36.3. The number of carbonyl (C=O) groups excluding carboxylic acids is 1. The van der Waals surface area contributed by atoms with Crippen LogP contribution in [-0.4, -0.2) is 75.7 Å². The summed E-state index contributed by atoms with van der Waals surface area (Å²) >= 11 is 0. The van der Waals surface area contributed by atoms with Gasteiger partial charge in [-0.2, -0.15) is 0 Å². The summed E-state index contributed by atoms with van der Waals surface area (Å²) in [6.45, 7) is 1.53. The average Bonchev–Trinajstić information content (AvgIpc) is 2.98. The largest absolute Gasteiger partial charge is 0.494 e. The monoisotopic (exact) mass is 568 g/mol. The van der Waals surface area contributed by atoms with E-state index in [2.05, 4.69) is 6.92 Å². The van der Waals surface area contributed by atoms with Gasteiger partial charge in [-0.25, -0.2) is 4.79 Å². The van der Waals surface area contributed by atoms with Crippen LogP contribution in [0, 0.1) is 0 Å². The summed E-state index contributed by atoms with van der Waals surface area (Å²) in [7, 11) is 0. The number of unbranched alkanes of at least 4 members (excludes halogenated alkanes) is 16. The molecular weight excluding hydrogens is 512 g/mol. The predicted octanol–water partition coefficient (Wildman–Crippen LogP) is 5.31. The molecule has 0 unspecified atom stereocenters. The molecule has 0 spiro atoms. The molecule has 0 aliphatic carbocycles. The van der Waals surface area contributed by atoms with Gasteiger partial charge in [0.2, 0.25) is 0 Å². The van der Waals surface area contributed by atoms with Gasteiger partial charge in [-0.15, -0.1) is 0 Å². The maximum atomic E-state index is 12.2. The van der Waals surface area contributed by atoms with Crippen molar-refractivity contribution >= 4 is 5.97 Å². The second-order valence-corrected chi connectivity index (χ2v) is 10.9. The summed E-state index contributed by atoms with van der Waals surface area (Å²) in [5, 5.41) is 47.4. The minimum absolute atomic E-state index is 0.253. The Morgan fingerprint density at radius 2 is 1.07 bits per heavy atom. The third-order valence-electron chi connectivity index (χ3n) is 7.32. The van der Waals surface area contributed by atoms with Crippen LogP contribution < -0.4 is 4.74 Å². The molecule has 8 heteroatoms. The normalized spacial score (nSPS) is 14.4. The van der Waals surface area contributed by atoms with Crippen molar-refractivity contribution in [2.45, 2.75) is 140 Å². The standard InChI is InChI=1S/C32H56O8/c1-2-3-4-5-6-7-8-9-10-11-12-13-14-15-16-17-18-23-39-27-21-19-26(20-22-27)32(38)40-25-29(35)31(37)30(36)28(34)24-33/h19-22,28-31,33-37H,2-18,23-25H2,1H3/t28-,29+,30+,31+/m0/s1. The Morgan fingerprint density at radius 1 is 0.650 bits per heavy atom. The van der Waals surface area contributed by atoms with E-state index < -0.39 is 43.6 Å². The lowest BCUT2D eigenvalue weighted by Gasteiger charge is -2.25. The Kier molecular flexibility index (Phi) is 21.7. The number of hydrogen-bond donors (Lipinski definition) is 5. The van der Waals surface area contributed by atoms with Crippen LogP contribution in [-0.2, 0) is 4.74 Å². The molecule has 0 aliphatic rings. The van der Waals surface area contributed by atoms with Gasteiger partial charge in [-0.1, -0.05) is 110 Å². The van der Waals surface area contributed by atoms with Crippen LogP contribution >= 0.6 is 0 Å². The molecule has 0 bridgehead atoms. The third kappa shape index (κ3) is 17.2. The van der Waals surface area contributed by atoms with Crippen molar-refractivity contribution in [3.63, 3.8) is 0 Å². The number of aliphatic hydroxyl groups is 5. The molecule has 8 nitrogen and oxygen atoms in total. The topological polar surface area (TPSA) is 137 Å². The number of carbonyl (C=O) groups is 1. The summed E-state index contributed by atoms with van der Waals surface area (Å²) in [6, 6.07) is 6.46. The van der Waals surface area contributed by atoms with Crippen molar-refractivity contribution < 1.29 is 39.8 Å². The predicted molar refractivity (Wildman–Crippen MR) is 157 cm³/mol. The molecular formula is C32H56O8. The highest BCUT2D eigenvalue weighted by Crippen LogP contribution is 2.16.